The van der Waals surface area contributed by atoms with Crippen LogP contribution in [-0.2, 0) is 4.79 Å². The predicted molar refractivity (Wildman–Crippen MR) is 75.6 cm³/mol. The quantitative estimate of drug-likeness (QED) is 0.846. The van der Waals surface area contributed by atoms with Gasteiger partial charge in [-0.2, -0.15) is 0 Å². The fourth-order valence-electron chi connectivity index (χ4n) is 1.41. The molecule has 0 bridgehead atoms. The molecule has 0 heterocycles. The number of hydrogen-bond acceptors (Lipinski definition) is 2. The van der Waals surface area contributed by atoms with Crippen LogP contribution in [-0.4, -0.2) is 23.0 Å². The van der Waals surface area contributed by atoms with Gasteiger partial charge in [-0.1, -0.05) is 29.8 Å². The highest BCUT2D eigenvalue weighted by atomic mass is 79.9. The van der Waals surface area contributed by atoms with Crippen molar-refractivity contribution in [2.24, 2.45) is 5.92 Å². The zero-order valence-electron chi connectivity index (χ0n) is 9.91. The first-order valence-corrected chi connectivity index (χ1v) is 6.90. The number of aliphatic carboxylic acids is 1. The highest BCUT2D eigenvalue weighted by Gasteiger charge is 2.24. The average molecular weight is 379 g/mol. The average Bonchev–Trinajstić information content (AvgIpc) is 2.24. The van der Waals surface area contributed by atoms with Crippen molar-refractivity contribution < 1.29 is 14.7 Å². The molecule has 6 heteroatoms. The lowest BCUT2D eigenvalue weighted by atomic mass is 10.0. The highest BCUT2D eigenvalue weighted by molar-refractivity contribution is 9.11. The van der Waals surface area contributed by atoms with E-state index in [1.165, 1.54) is 0 Å². The van der Waals surface area contributed by atoms with Crippen molar-refractivity contribution in [1.29, 1.82) is 0 Å². The van der Waals surface area contributed by atoms with Crippen molar-refractivity contribution in [3.63, 3.8) is 0 Å². The smallest absolute Gasteiger partial charge is 0.326 e. The van der Waals surface area contributed by atoms with E-state index in [0.717, 1.165) is 4.47 Å². The van der Waals surface area contributed by atoms with Gasteiger partial charge in [-0.15, -0.1) is 0 Å². The summed E-state index contributed by atoms with van der Waals surface area (Å²) in [6.45, 7) is 3.49. The van der Waals surface area contributed by atoms with Gasteiger partial charge in [0.2, 0.25) is 0 Å². The van der Waals surface area contributed by atoms with Gasteiger partial charge in [-0.05, 0) is 40.0 Å². The van der Waals surface area contributed by atoms with Gasteiger partial charge in [0.05, 0.1) is 5.56 Å². The Morgan fingerprint density at radius 3 is 2.33 bits per heavy atom. The monoisotopic (exact) mass is 377 g/mol. The van der Waals surface area contributed by atoms with Gasteiger partial charge in [0, 0.05) is 8.95 Å². The number of rotatable bonds is 4. The van der Waals surface area contributed by atoms with Crippen molar-refractivity contribution >= 4 is 43.7 Å². The van der Waals surface area contributed by atoms with Gasteiger partial charge in [0.25, 0.3) is 5.91 Å². The number of carboxylic acid groups (broad SMARTS) is 1. The molecule has 1 amide bonds. The first-order chi connectivity index (χ1) is 8.32. The van der Waals surface area contributed by atoms with Crippen molar-refractivity contribution in [3.05, 3.63) is 32.7 Å². The van der Waals surface area contributed by atoms with E-state index in [1.54, 1.807) is 32.0 Å². The van der Waals surface area contributed by atoms with Gasteiger partial charge in [-0.3, -0.25) is 4.79 Å². The van der Waals surface area contributed by atoms with Crippen LogP contribution in [0.15, 0.2) is 27.1 Å². The van der Waals surface area contributed by atoms with E-state index in [9.17, 15) is 9.59 Å². The summed E-state index contributed by atoms with van der Waals surface area (Å²) in [5.41, 5.74) is 0.408. The molecule has 0 saturated heterocycles. The van der Waals surface area contributed by atoms with Gasteiger partial charge < -0.3 is 10.4 Å². The van der Waals surface area contributed by atoms with Crippen LogP contribution < -0.4 is 5.32 Å². The lowest BCUT2D eigenvalue weighted by Gasteiger charge is -2.18. The molecule has 0 aliphatic carbocycles. The molecule has 0 aromatic heterocycles. The summed E-state index contributed by atoms with van der Waals surface area (Å²) in [7, 11) is 0. The fraction of sp³-hybridized carbons (Fsp3) is 0.333. The van der Waals surface area contributed by atoms with Crippen molar-refractivity contribution in [3.8, 4) is 0 Å². The molecule has 0 fully saturated rings. The number of benzene rings is 1. The topological polar surface area (TPSA) is 66.4 Å². The molecular formula is C12H13Br2NO3. The van der Waals surface area contributed by atoms with E-state index < -0.39 is 17.9 Å². The Morgan fingerprint density at radius 1 is 1.28 bits per heavy atom. The number of carboxylic acids is 1. The third-order valence-electron chi connectivity index (χ3n) is 2.40. The maximum Gasteiger partial charge on any atom is 0.326 e. The molecule has 18 heavy (non-hydrogen) atoms. The van der Waals surface area contributed by atoms with Crippen LogP contribution in [0.3, 0.4) is 0 Å². The number of amides is 1. The summed E-state index contributed by atoms with van der Waals surface area (Å²) in [5, 5.41) is 11.5. The second-order valence-electron chi connectivity index (χ2n) is 4.16. The summed E-state index contributed by atoms with van der Waals surface area (Å²) in [5.74, 6) is -1.62. The highest BCUT2D eigenvalue weighted by Crippen LogP contribution is 2.22. The SMILES string of the molecule is CC(C)C(NC(=O)c1ccc(Br)cc1Br)C(=O)O. The number of carbonyl (C=O) groups is 2. The molecule has 0 aliphatic rings. The van der Waals surface area contributed by atoms with E-state index in [0.29, 0.717) is 10.0 Å². The van der Waals surface area contributed by atoms with Crippen LogP contribution in [0.1, 0.15) is 24.2 Å². The molecule has 1 rings (SSSR count). The minimum absolute atomic E-state index is 0.180. The minimum Gasteiger partial charge on any atom is -0.480 e. The summed E-state index contributed by atoms with van der Waals surface area (Å²) >= 11 is 6.56. The van der Waals surface area contributed by atoms with Crippen molar-refractivity contribution in [1.82, 2.24) is 5.32 Å². The van der Waals surface area contributed by atoms with Crippen LogP contribution in [0, 0.1) is 5.92 Å². The second kappa shape index (κ2) is 6.33. The molecule has 2 N–H and O–H groups in total. The van der Waals surface area contributed by atoms with Crippen molar-refractivity contribution in [2.45, 2.75) is 19.9 Å². The van der Waals surface area contributed by atoms with E-state index in [4.69, 9.17) is 5.11 Å². The third-order valence-corrected chi connectivity index (χ3v) is 3.54. The largest absolute Gasteiger partial charge is 0.480 e. The fourth-order valence-corrected chi connectivity index (χ4v) is 2.63. The molecule has 0 aliphatic heterocycles. The molecule has 98 valence electrons. The molecule has 0 saturated carbocycles. The van der Waals surface area contributed by atoms with Gasteiger partial charge >= 0.3 is 5.97 Å². The van der Waals surface area contributed by atoms with E-state index >= 15 is 0 Å². The van der Waals surface area contributed by atoms with Crippen LogP contribution >= 0.6 is 31.9 Å². The first-order valence-electron chi connectivity index (χ1n) is 5.31. The van der Waals surface area contributed by atoms with E-state index in [2.05, 4.69) is 37.2 Å². The van der Waals surface area contributed by atoms with Gasteiger partial charge in [0.15, 0.2) is 0 Å². The number of halogens is 2. The van der Waals surface area contributed by atoms with E-state index in [-0.39, 0.29) is 5.92 Å². The van der Waals surface area contributed by atoms with Crippen LogP contribution in [0.5, 0.6) is 0 Å². The Morgan fingerprint density at radius 2 is 1.89 bits per heavy atom. The molecule has 1 aromatic carbocycles. The summed E-state index contributed by atoms with van der Waals surface area (Å²) < 4.78 is 1.45. The Bertz CT molecular complexity index is 474. The zero-order chi connectivity index (χ0) is 13.9. The van der Waals surface area contributed by atoms with Crippen LogP contribution in [0.4, 0.5) is 0 Å². The zero-order valence-corrected chi connectivity index (χ0v) is 13.1. The molecule has 4 nitrogen and oxygen atoms in total. The molecular weight excluding hydrogens is 366 g/mol. The number of nitrogens with one attached hydrogen (secondary N) is 1. The summed E-state index contributed by atoms with van der Waals surface area (Å²) in [6, 6.07) is 4.20. The maximum atomic E-state index is 12.0. The number of carbonyl (C=O) groups excluding carboxylic acids is 1. The van der Waals surface area contributed by atoms with Crippen LogP contribution in [0.25, 0.3) is 0 Å². The lowest BCUT2D eigenvalue weighted by molar-refractivity contribution is -0.140. The van der Waals surface area contributed by atoms with Crippen LogP contribution in [0.2, 0.25) is 0 Å². The Labute approximate surface area is 122 Å². The molecule has 1 aromatic rings. The molecule has 1 atom stereocenters. The first kappa shape index (κ1) is 15.2. The Hall–Kier alpha value is -0.880. The Kier molecular flexibility index (Phi) is 5.34. The number of hydrogen-bond donors (Lipinski definition) is 2. The van der Waals surface area contributed by atoms with Gasteiger partial charge in [-0.25, -0.2) is 4.79 Å². The molecule has 1 unspecified atom stereocenters. The van der Waals surface area contributed by atoms with E-state index in [1.807, 2.05) is 0 Å². The maximum absolute atomic E-state index is 12.0. The lowest BCUT2D eigenvalue weighted by Crippen LogP contribution is -2.44. The van der Waals surface area contributed by atoms with Gasteiger partial charge in [0.1, 0.15) is 6.04 Å². The predicted octanol–water partition coefficient (Wildman–Crippen LogP) is 3.05. The second-order valence-corrected chi connectivity index (χ2v) is 5.93. The molecule has 0 radical (unpaired) electrons. The summed E-state index contributed by atoms with van der Waals surface area (Å²) in [6.07, 6.45) is 0. The minimum atomic E-state index is -1.04. The molecule has 0 spiro atoms. The van der Waals surface area contributed by atoms with Crippen molar-refractivity contribution in [2.75, 3.05) is 0 Å². The Balaban J connectivity index is 2.91. The summed E-state index contributed by atoms with van der Waals surface area (Å²) in [4.78, 5) is 23.0. The third kappa shape index (κ3) is 3.81. The standard InChI is InChI=1S/C12H13Br2NO3/c1-6(2)10(12(17)18)15-11(16)8-4-3-7(13)5-9(8)14/h3-6,10H,1-2H3,(H,15,16)(H,17,18). The normalized spacial score (nSPS) is 12.3.